The fraction of sp³-hybridized carbons (Fsp3) is 0.429. The van der Waals surface area contributed by atoms with Crippen LogP contribution < -0.4 is 10.2 Å². The third-order valence-electron chi connectivity index (χ3n) is 2.60. The van der Waals surface area contributed by atoms with E-state index in [4.69, 9.17) is 0 Å². The highest BCUT2D eigenvalue weighted by atomic mass is 16.1. The second kappa shape index (κ2) is 6.79. The first-order chi connectivity index (χ1) is 8.56. The normalized spacial score (nSPS) is 11.2. The lowest BCUT2D eigenvalue weighted by Crippen LogP contribution is -2.25. The number of nitrogens with zero attached hydrogens (tertiary/aromatic N) is 2. The molecular weight excluding hydrogens is 226 g/mol. The molecule has 1 rings (SSSR count). The molecule has 1 N–H and O–H groups in total. The van der Waals surface area contributed by atoms with Gasteiger partial charge in [0.2, 0.25) is 5.91 Å². The number of carbonyl (C=O) groups excluding carboxylic acids is 1. The van der Waals surface area contributed by atoms with Crippen LogP contribution in [0.25, 0.3) is 0 Å². The van der Waals surface area contributed by atoms with Crippen molar-refractivity contribution in [1.82, 2.24) is 10.3 Å². The molecule has 98 valence electrons. The largest absolute Gasteiger partial charge is 0.362 e. The van der Waals surface area contributed by atoms with Crippen LogP contribution >= 0.6 is 0 Å². The molecule has 1 aromatic rings. The van der Waals surface area contributed by atoms with E-state index in [1.54, 1.807) is 6.20 Å². The van der Waals surface area contributed by atoms with E-state index in [1.165, 1.54) is 0 Å². The van der Waals surface area contributed by atoms with E-state index in [1.807, 2.05) is 51.1 Å². The van der Waals surface area contributed by atoms with Crippen LogP contribution in [0.1, 0.15) is 25.8 Å². The highest BCUT2D eigenvalue weighted by Crippen LogP contribution is 2.13. The van der Waals surface area contributed by atoms with Crippen LogP contribution in [0.4, 0.5) is 5.82 Å². The number of nitrogens with one attached hydrogen (secondary N) is 1. The molecule has 1 aromatic heterocycles. The summed E-state index contributed by atoms with van der Waals surface area (Å²) in [6.45, 7) is 4.34. The van der Waals surface area contributed by atoms with Gasteiger partial charge < -0.3 is 10.2 Å². The molecule has 0 aromatic carbocycles. The van der Waals surface area contributed by atoms with Crippen LogP contribution in [-0.2, 0) is 11.3 Å². The molecule has 0 aliphatic rings. The molecule has 0 aliphatic carbocycles. The van der Waals surface area contributed by atoms with Crippen LogP contribution in [0, 0.1) is 0 Å². The van der Waals surface area contributed by atoms with Crippen LogP contribution in [0.5, 0.6) is 0 Å². The van der Waals surface area contributed by atoms with Gasteiger partial charge in [0.15, 0.2) is 0 Å². The molecule has 1 heterocycles. The Hall–Kier alpha value is -1.84. The third kappa shape index (κ3) is 3.87. The summed E-state index contributed by atoms with van der Waals surface area (Å²) in [6, 6.07) is 3.85. The van der Waals surface area contributed by atoms with Crippen molar-refractivity contribution in [3.63, 3.8) is 0 Å². The lowest BCUT2D eigenvalue weighted by Gasteiger charge is -2.16. The van der Waals surface area contributed by atoms with Crippen molar-refractivity contribution >= 4 is 11.7 Å². The summed E-state index contributed by atoms with van der Waals surface area (Å²) in [5.41, 5.74) is 1.77. The highest BCUT2D eigenvalue weighted by molar-refractivity contribution is 5.92. The van der Waals surface area contributed by atoms with E-state index in [2.05, 4.69) is 10.3 Å². The Morgan fingerprint density at radius 2 is 2.22 bits per heavy atom. The van der Waals surface area contributed by atoms with Gasteiger partial charge >= 0.3 is 0 Å². The number of allylic oxidation sites excluding steroid dienone is 1. The van der Waals surface area contributed by atoms with Gasteiger partial charge in [-0.2, -0.15) is 0 Å². The van der Waals surface area contributed by atoms with Crippen LogP contribution in [-0.4, -0.2) is 25.0 Å². The molecule has 4 heteroatoms. The zero-order chi connectivity index (χ0) is 13.5. The summed E-state index contributed by atoms with van der Waals surface area (Å²) in [5, 5.41) is 2.90. The minimum absolute atomic E-state index is 0.0228. The number of anilines is 1. The van der Waals surface area contributed by atoms with Crippen molar-refractivity contribution in [2.24, 2.45) is 0 Å². The number of pyridine rings is 1. The van der Waals surface area contributed by atoms with Crippen LogP contribution in [0.2, 0.25) is 0 Å². The molecule has 0 unspecified atom stereocenters. The lowest BCUT2D eigenvalue weighted by molar-refractivity contribution is -0.117. The minimum atomic E-state index is -0.0228. The first-order valence-corrected chi connectivity index (χ1v) is 6.12. The Morgan fingerprint density at radius 3 is 2.83 bits per heavy atom. The first kappa shape index (κ1) is 14.2. The van der Waals surface area contributed by atoms with Crippen molar-refractivity contribution in [2.45, 2.75) is 26.8 Å². The predicted octanol–water partition coefficient (Wildman–Crippen LogP) is 2.12. The molecule has 0 spiro atoms. The maximum atomic E-state index is 11.8. The maximum absolute atomic E-state index is 11.8. The van der Waals surface area contributed by atoms with E-state index in [0.29, 0.717) is 6.54 Å². The number of rotatable bonds is 5. The van der Waals surface area contributed by atoms with Gasteiger partial charge in [0, 0.05) is 38.0 Å². The highest BCUT2D eigenvalue weighted by Gasteiger charge is 2.07. The average Bonchev–Trinajstić information content (AvgIpc) is 2.36. The second-order valence-electron chi connectivity index (χ2n) is 4.36. The molecule has 0 bridgehead atoms. The molecule has 0 saturated carbocycles. The first-order valence-electron chi connectivity index (χ1n) is 6.12. The fourth-order valence-electron chi connectivity index (χ4n) is 1.68. The number of hydrogen-bond acceptors (Lipinski definition) is 3. The fourth-order valence-corrected chi connectivity index (χ4v) is 1.68. The Kier molecular flexibility index (Phi) is 5.36. The van der Waals surface area contributed by atoms with E-state index in [0.717, 1.165) is 23.4 Å². The quantitative estimate of drug-likeness (QED) is 0.811. The second-order valence-corrected chi connectivity index (χ2v) is 4.36. The summed E-state index contributed by atoms with van der Waals surface area (Å²) >= 11 is 0. The van der Waals surface area contributed by atoms with E-state index >= 15 is 0 Å². The van der Waals surface area contributed by atoms with Crippen molar-refractivity contribution in [3.8, 4) is 0 Å². The van der Waals surface area contributed by atoms with Crippen LogP contribution in [0.15, 0.2) is 30.0 Å². The Morgan fingerprint density at radius 1 is 1.50 bits per heavy atom. The average molecular weight is 247 g/mol. The van der Waals surface area contributed by atoms with Gasteiger partial charge in [-0.15, -0.1) is 0 Å². The van der Waals surface area contributed by atoms with Gasteiger partial charge in [-0.3, -0.25) is 4.79 Å². The van der Waals surface area contributed by atoms with Gasteiger partial charge in [0.05, 0.1) is 0 Å². The van der Waals surface area contributed by atoms with Crippen molar-refractivity contribution < 1.29 is 4.79 Å². The van der Waals surface area contributed by atoms with Crippen molar-refractivity contribution in [1.29, 1.82) is 0 Å². The smallest absolute Gasteiger partial charge is 0.246 e. The lowest BCUT2D eigenvalue weighted by atomic mass is 10.2. The van der Waals surface area contributed by atoms with Crippen molar-refractivity contribution in [2.75, 3.05) is 19.0 Å². The molecular formula is C14H21N3O. The SMILES string of the molecule is CC/C=C(\C)C(=O)NCc1cccnc1N(C)C. The van der Waals surface area contributed by atoms with Crippen LogP contribution in [0.3, 0.4) is 0 Å². The van der Waals surface area contributed by atoms with Crippen molar-refractivity contribution in [3.05, 3.63) is 35.5 Å². The Labute approximate surface area is 109 Å². The van der Waals surface area contributed by atoms with E-state index < -0.39 is 0 Å². The molecule has 4 nitrogen and oxygen atoms in total. The number of aromatic nitrogens is 1. The van der Waals surface area contributed by atoms with Gasteiger partial charge in [-0.25, -0.2) is 4.98 Å². The maximum Gasteiger partial charge on any atom is 0.246 e. The summed E-state index contributed by atoms with van der Waals surface area (Å²) in [4.78, 5) is 18.0. The van der Waals surface area contributed by atoms with Gasteiger partial charge in [0.25, 0.3) is 0 Å². The number of hydrogen-bond donors (Lipinski definition) is 1. The topological polar surface area (TPSA) is 45.2 Å². The van der Waals surface area contributed by atoms with E-state index in [-0.39, 0.29) is 5.91 Å². The van der Waals surface area contributed by atoms with Gasteiger partial charge in [0.1, 0.15) is 5.82 Å². The summed E-state index contributed by atoms with van der Waals surface area (Å²) in [6.07, 6.45) is 4.55. The predicted molar refractivity (Wildman–Crippen MR) is 74.5 cm³/mol. The molecule has 18 heavy (non-hydrogen) atoms. The summed E-state index contributed by atoms with van der Waals surface area (Å²) in [7, 11) is 3.88. The molecule has 0 aliphatic heterocycles. The molecule has 0 radical (unpaired) electrons. The monoisotopic (exact) mass is 247 g/mol. The molecule has 0 fully saturated rings. The Bertz CT molecular complexity index is 438. The standard InChI is InChI=1S/C14H21N3O/c1-5-7-11(2)14(18)16-10-12-8-6-9-15-13(12)17(3)4/h6-9H,5,10H2,1-4H3,(H,16,18)/b11-7+. The van der Waals surface area contributed by atoms with Gasteiger partial charge in [-0.05, 0) is 19.4 Å². The molecule has 0 saturated heterocycles. The number of amides is 1. The number of carbonyl (C=O) groups is 1. The zero-order valence-electron chi connectivity index (χ0n) is 11.5. The third-order valence-corrected chi connectivity index (χ3v) is 2.60. The summed E-state index contributed by atoms with van der Waals surface area (Å²) < 4.78 is 0. The zero-order valence-corrected chi connectivity index (χ0v) is 11.5. The van der Waals surface area contributed by atoms with E-state index in [9.17, 15) is 4.79 Å². The van der Waals surface area contributed by atoms with Gasteiger partial charge in [-0.1, -0.05) is 19.1 Å². The summed E-state index contributed by atoms with van der Waals surface area (Å²) in [5.74, 6) is 0.861. The molecule has 0 atom stereocenters. The molecule has 1 amide bonds. The Balaban J connectivity index is 2.69. The minimum Gasteiger partial charge on any atom is -0.362 e.